The molecule has 2 nitrogen and oxygen atoms in total. The molecule has 2 aromatic carbocycles. The lowest BCUT2D eigenvalue weighted by Crippen LogP contribution is -1.94. The van der Waals surface area contributed by atoms with Gasteiger partial charge in [-0.05, 0) is 31.2 Å². The lowest BCUT2D eigenvalue weighted by Gasteiger charge is -2.06. The highest BCUT2D eigenvalue weighted by atomic mass is 35.5. The van der Waals surface area contributed by atoms with Gasteiger partial charge in [0.25, 0.3) is 0 Å². The van der Waals surface area contributed by atoms with E-state index in [0.717, 1.165) is 27.2 Å². The summed E-state index contributed by atoms with van der Waals surface area (Å²) < 4.78 is 7.93. The molecule has 3 heteroatoms. The second-order valence-electron chi connectivity index (χ2n) is 5.00. The number of ether oxygens (including phenoxy) is 1. The van der Waals surface area contributed by atoms with Gasteiger partial charge in [0.15, 0.2) is 0 Å². The van der Waals surface area contributed by atoms with Crippen molar-refractivity contribution in [2.45, 2.75) is 13.5 Å². The molecule has 0 aliphatic heterocycles. The van der Waals surface area contributed by atoms with Crippen LogP contribution in [0.25, 0.3) is 10.9 Å². The molecular formula is C17H16ClNO. The molecule has 0 atom stereocenters. The van der Waals surface area contributed by atoms with Gasteiger partial charge >= 0.3 is 0 Å². The first-order valence-electron chi connectivity index (χ1n) is 6.57. The molecule has 1 aromatic heterocycles. The van der Waals surface area contributed by atoms with Crippen LogP contribution in [-0.2, 0) is 13.7 Å². The first-order valence-corrected chi connectivity index (χ1v) is 6.95. The molecule has 0 saturated carbocycles. The number of aryl methyl sites for hydroxylation is 2. The molecule has 0 aliphatic carbocycles. The van der Waals surface area contributed by atoms with Crippen LogP contribution in [0.2, 0.25) is 5.02 Å². The minimum atomic E-state index is 0.518. The molecule has 3 aromatic rings. The van der Waals surface area contributed by atoms with Gasteiger partial charge < -0.3 is 9.30 Å². The predicted octanol–water partition coefficient (Wildman–Crippen LogP) is 4.72. The topological polar surface area (TPSA) is 14.2 Å². The molecule has 0 fully saturated rings. The Bertz CT molecular complexity index is 744. The summed E-state index contributed by atoms with van der Waals surface area (Å²) in [5.74, 6) is 0.875. The van der Waals surface area contributed by atoms with Crippen LogP contribution in [0, 0.1) is 6.92 Å². The molecule has 20 heavy (non-hydrogen) atoms. The minimum Gasteiger partial charge on any atom is -0.489 e. The zero-order valence-corrected chi connectivity index (χ0v) is 12.3. The first kappa shape index (κ1) is 13.1. The number of hydrogen-bond acceptors (Lipinski definition) is 1. The van der Waals surface area contributed by atoms with E-state index in [1.54, 1.807) is 0 Å². The van der Waals surface area contributed by atoms with Crippen LogP contribution in [0.4, 0.5) is 0 Å². The van der Waals surface area contributed by atoms with Crippen molar-refractivity contribution < 1.29 is 4.74 Å². The van der Waals surface area contributed by atoms with E-state index in [1.165, 1.54) is 5.56 Å². The predicted molar refractivity (Wildman–Crippen MR) is 83.4 cm³/mol. The first-order chi connectivity index (χ1) is 9.65. The molecule has 0 saturated heterocycles. The maximum atomic E-state index is 6.31. The second-order valence-corrected chi connectivity index (χ2v) is 5.41. The van der Waals surface area contributed by atoms with Crippen LogP contribution in [0.15, 0.2) is 48.7 Å². The van der Waals surface area contributed by atoms with Crippen LogP contribution >= 0.6 is 11.6 Å². The third-order valence-corrected chi connectivity index (χ3v) is 3.77. The summed E-state index contributed by atoms with van der Waals surface area (Å²) in [5, 5.41) is 1.84. The van der Waals surface area contributed by atoms with E-state index in [-0.39, 0.29) is 0 Å². The quantitative estimate of drug-likeness (QED) is 0.679. The van der Waals surface area contributed by atoms with Crippen molar-refractivity contribution in [2.24, 2.45) is 7.05 Å². The summed E-state index contributed by atoms with van der Waals surface area (Å²) >= 11 is 6.31. The fourth-order valence-corrected chi connectivity index (χ4v) is 2.69. The Morgan fingerprint density at radius 2 is 1.85 bits per heavy atom. The molecule has 0 radical (unpaired) electrons. The van der Waals surface area contributed by atoms with Crippen LogP contribution in [0.1, 0.15) is 11.1 Å². The van der Waals surface area contributed by atoms with Gasteiger partial charge in [0.05, 0.1) is 5.02 Å². The van der Waals surface area contributed by atoms with Crippen LogP contribution in [-0.4, -0.2) is 4.57 Å². The molecule has 0 unspecified atom stereocenters. The van der Waals surface area contributed by atoms with Crippen molar-refractivity contribution in [3.8, 4) is 5.75 Å². The standard InChI is InChI=1S/C17H16ClNO/c1-12-6-8-14(9-7-12)20-11-13-10-19(2)16-5-3-4-15(18)17(13)16/h3-10H,11H2,1-2H3. The number of hydrogen-bond donors (Lipinski definition) is 0. The van der Waals surface area contributed by atoms with Crippen LogP contribution < -0.4 is 4.74 Å². The summed E-state index contributed by atoms with van der Waals surface area (Å²) in [6.07, 6.45) is 2.07. The van der Waals surface area contributed by atoms with Gasteiger partial charge in [-0.15, -0.1) is 0 Å². The monoisotopic (exact) mass is 285 g/mol. The Kier molecular flexibility index (Phi) is 3.41. The van der Waals surface area contributed by atoms with Gasteiger partial charge in [-0.2, -0.15) is 0 Å². The average Bonchev–Trinajstić information content (AvgIpc) is 2.77. The van der Waals surface area contributed by atoms with E-state index in [4.69, 9.17) is 16.3 Å². The smallest absolute Gasteiger partial charge is 0.119 e. The third kappa shape index (κ3) is 2.39. The SMILES string of the molecule is Cc1ccc(OCc2cn(C)c3cccc(Cl)c23)cc1. The highest BCUT2D eigenvalue weighted by Gasteiger charge is 2.10. The molecule has 102 valence electrons. The number of fused-ring (bicyclic) bond motifs is 1. The normalized spacial score (nSPS) is 10.9. The average molecular weight is 286 g/mol. The van der Waals surface area contributed by atoms with Gasteiger partial charge in [-0.25, -0.2) is 0 Å². The second kappa shape index (κ2) is 5.22. The van der Waals surface area contributed by atoms with Gasteiger partial charge in [-0.1, -0.05) is 35.4 Å². The Labute approximate surface area is 123 Å². The van der Waals surface area contributed by atoms with E-state index in [2.05, 4.69) is 23.8 Å². The molecule has 0 N–H and O–H groups in total. The zero-order chi connectivity index (χ0) is 14.1. The van der Waals surface area contributed by atoms with Crippen molar-refractivity contribution >= 4 is 22.5 Å². The largest absolute Gasteiger partial charge is 0.489 e. The minimum absolute atomic E-state index is 0.518. The Morgan fingerprint density at radius 1 is 1.10 bits per heavy atom. The lowest BCUT2D eigenvalue weighted by molar-refractivity contribution is 0.307. The Hall–Kier alpha value is -1.93. The maximum Gasteiger partial charge on any atom is 0.119 e. The molecule has 0 amide bonds. The lowest BCUT2D eigenvalue weighted by atomic mass is 10.2. The number of benzene rings is 2. The molecule has 0 aliphatic rings. The van der Waals surface area contributed by atoms with Gasteiger partial charge in [-0.3, -0.25) is 0 Å². The summed E-state index contributed by atoms with van der Waals surface area (Å²) in [7, 11) is 2.02. The van der Waals surface area contributed by atoms with Crippen molar-refractivity contribution in [1.29, 1.82) is 0 Å². The Balaban J connectivity index is 1.89. The van der Waals surface area contributed by atoms with Crippen LogP contribution in [0.5, 0.6) is 5.75 Å². The number of aromatic nitrogens is 1. The van der Waals surface area contributed by atoms with E-state index < -0.39 is 0 Å². The molecule has 0 bridgehead atoms. The van der Waals surface area contributed by atoms with Crippen molar-refractivity contribution in [2.75, 3.05) is 0 Å². The maximum absolute atomic E-state index is 6.31. The van der Waals surface area contributed by atoms with Gasteiger partial charge in [0.2, 0.25) is 0 Å². The highest BCUT2D eigenvalue weighted by Crippen LogP contribution is 2.29. The summed E-state index contributed by atoms with van der Waals surface area (Å²) in [6.45, 7) is 2.58. The number of rotatable bonds is 3. The van der Waals surface area contributed by atoms with Gasteiger partial charge in [0.1, 0.15) is 12.4 Å². The van der Waals surface area contributed by atoms with E-state index in [0.29, 0.717) is 6.61 Å². The number of nitrogens with zero attached hydrogens (tertiary/aromatic N) is 1. The molecule has 1 heterocycles. The summed E-state index contributed by atoms with van der Waals surface area (Å²) in [5.41, 5.74) is 3.46. The van der Waals surface area contributed by atoms with E-state index >= 15 is 0 Å². The van der Waals surface area contributed by atoms with Crippen molar-refractivity contribution in [3.63, 3.8) is 0 Å². The fraction of sp³-hybridized carbons (Fsp3) is 0.176. The van der Waals surface area contributed by atoms with Crippen molar-refractivity contribution in [3.05, 3.63) is 64.8 Å². The molecule has 0 spiro atoms. The third-order valence-electron chi connectivity index (χ3n) is 3.46. The highest BCUT2D eigenvalue weighted by molar-refractivity contribution is 6.35. The van der Waals surface area contributed by atoms with Crippen LogP contribution in [0.3, 0.4) is 0 Å². The Morgan fingerprint density at radius 3 is 2.60 bits per heavy atom. The molecule has 3 rings (SSSR count). The zero-order valence-electron chi connectivity index (χ0n) is 11.6. The summed E-state index contributed by atoms with van der Waals surface area (Å²) in [6, 6.07) is 14.0. The van der Waals surface area contributed by atoms with E-state index in [1.807, 2.05) is 43.4 Å². The van der Waals surface area contributed by atoms with Crippen molar-refractivity contribution in [1.82, 2.24) is 4.57 Å². The summed E-state index contributed by atoms with van der Waals surface area (Å²) in [4.78, 5) is 0. The fourth-order valence-electron chi connectivity index (χ4n) is 2.40. The van der Waals surface area contributed by atoms with E-state index in [9.17, 15) is 0 Å². The molecular weight excluding hydrogens is 270 g/mol. The number of halogens is 1. The van der Waals surface area contributed by atoms with Gasteiger partial charge in [0, 0.05) is 29.7 Å².